The lowest BCUT2D eigenvalue weighted by Gasteiger charge is -2.16. The van der Waals surface area contributed by atoms with Crippen LogP contribution in [0.3, 0.4) is 0 Å². The molecule has 0 aliphatic carbocycles. The van der Waals surface area contributed by atoms with E-state index < -0.39 is 28.6 Å². The zero-order valence-electron chi connectivity index (χ0n) is 37.0. The molecule has 0 amide bonds. The van der Waals surface area contributed by atoms with E-state index in [1.165, 1.54) is 62.3 Å². The molecule has 0 saturated carbocycles. The predicted molar refractivity (Wildman–Crippen MR) is 254 cm³/mol. The molecule has 21 heteroatoms. The van der Waals surface area contributed by atoms with Gasteiger partial charge in [0.25, 0.3) is 0 Å². The lowest BCUT2D eigenvalue weighted by molar-refractivity contribution is 0.584. The number of aryl methyl sites for hydroxylation is 2. The zero-order chi connectivity index (χ0) is 48.5. The van der Waals surface area contributed by atoms with Crippen LogP contribution in [0.25, 0.3) is 0 Å². The average molecular weight is 918 g/mol. The first-order valence-corrected chi connectivity index (χ1v) is 21.0. The van der Waals surface area contributed by atoms with Gasteiger partial charge in [0.2, 0.25) is 17.9 Å². The van der Waals surface area contributed by atoms with E-state index in [0.29, 0.717) is 43.6 Å². The van der Waals surface area contributed by atoms with E-state index in [1.807, 2.05) is 62.4 Å². The van der Waals surface area contributed by atoms with Crippen molar-refractivity contribution in [1.82, 2.24) is 38.0 Å². The van der Waals surface area contributed by atoms with Gasteiger partial charge in [-0.25, -0.2) is 41.8 Å². The fraction of sp³-hybridized carbons (Fsp3) is 0.239. The molecule has 0 fully saturated rings. The third kappa shape index (κ3) is 14.9. The Morgan fingerprint density at radius 3 is 1.33 bits per heavy atom. The number of benzene rings is 4. The molecule has 3 heterocycles. The first-order chi connectivity index (χ1) is 32.1. The van der Waals surface area contributed by atoms with E-state index >= 15 is 0 Å². The molecule has 7 rings (SSSR count). The van der Waals surface area contributed by atoms with E-state index in [4.69, 9.17) is 28.0 Å². The number of nitrogens with two attached hydrogens (primary N) is 3. The maximum atomic E-state index is 13.2. The van der Waals surface area contributed by atoms with E-state index in [1.54, 1.807) is 18.5 Å². The van der Waals surface area contributed by atoms with Gasteiger partial charge in [-0.3, -0.25) is 20.0 Å². The van der Waals surface area contributed by atoms with Crippen LogP contribution in [0.1, 0.15) is 46.2 Å². The molecule has 0 atom stereocenters. The van der Waals surface area contributed by atoms with Gasteiger partial charge < -0.3 is 27.8 Å². The number of hydrogen-bond acceptors (Lipinski definition) is 12. The molecular weight excluding hydrogens is 865 g/mol. The lowest BCUT2D eigenvalue weighted by atomic mass is 10.1. The van der Waals surface area contributed by atoms with Crippen LogP contribution in [0.5, 0.6) is 0 Å². The standard InChI is InChI=1S/C22H25FN6O2.C20H22FN5O2.C4H6N4/c1-15-4-6-16(7-5-15)13-28-20(26-12-2-3-19(24)25)27-21(30)29(22(28)31)14-17-8-10-18(23)11-9-17;1-14-2-4-15(5-3-14)12-25-18(23-11-10-22)24-19(27)26(20(25)28)13-16-6-8-17(21)9-7-16;5-4(6)8-3-1-2-7-8/h4-11H,2-3,12-14H2,1H3,(H3,24,25)(H,26,27,30);2-9H,10-13,22H2,1H3,(H,23,24,27);1-3H,(H3,5,6). The van der Waals surface area contributed by atoms with Crippen molar-refractivity contribution in [2.45, 2.75) is 52.9 Å². The number of nitrogens with zero attached hydrogens (tertiary/aromatic N) is 8. The molecular formula is C46H53F2N15O4. The van der Waals surface area contributed by atoms with Crippen LogP contribution in [0.15, 0.2) is 135 Å². The quantitative estimate of drug-likeness (QED) is 0.0419. The third-order valence-electron chi connectivity index (χ3n) is 9.82. The third-order valence-corrected chi connectivity index (χ3v) is 9.82. The number of nitrogens with one attached hydrogen (secondary N) is 4. The molecule has 0 aliphatic rings. The van der Waals surface area contributed by atoms with Crippen molar-refractivity contribution < 1.29 is 8.78 Å². The number of halogens is 2. The summed E-state index contributed by atoms with van der Waals surface area (Å²) in [5, 5.41) is 23.8. The van der Waals surface area contributed by atoms with Crippen molar-refractivity contribution in [1.29, 1.82) is 10.8 Å². The molecule has 67 heavy (non-hydrogen) atoms. The minimum atomic E-state index is -0.691. The molecule has 4 aromatic carbocycles. The van der Waals surface area contributed by atoms with Gasteiger partial charge >= 0.3 is 22.8 Å². The summed E-state index contributed by atoms with van der Waals surface area (Å²) in [7, 11) is 0. The van der Waals surface area contributed by atoms with Gasteiger partial charge in [0, 0.05) is 38.4 Å². The number of amidine groups is 1. The predicted octanol–water partition coefficient (Wildman–Crippen LogP) is 3.02. The number of hydrogen-bond donors (Lipinski definition) is 7. The van der Waals surface area contributed by atoms with Crippen molar-refractivity contribution in [2.24, 2.45) is 17.2 Å². The van der Waals surface area contributed by atoms with Gasteiger partial charge in [0.1, 0.15) is 11.6 Å². The SMILES string of the molecule is Cc1ccc(Cn2c(NCCCC(=N)N)nc(=O)n(Cc3ccc(F)cc3)c2=O)cc1.Cc1ccc(Cn2c(NCCN)nc(=O)n(Cc3ccc(F)cc3)c2=O)cc1.N=C(N)n1cccn1. The Kier molecular flexibility index (Phi) is 17.9. The molecule has 0 bridgehead atoms. The molecule has 350 valence electrons. The molecule has 0 unspecified atom stereocenters. The fourth-order valence-corrected chi connectivity index (χ4v) is 6.26. The molecule has 7 aromatic rings. The van der Waals surface area contributed by atoms with Gasteiger partial charge in [-0.15, -0.1) is 0 Å². The summed E-state index contributed by atoms with van der Waals surface area (Å²) in [6.07, 6.45) is 4.15. The van der Waals surface area contributed by atoms with E-state index in [-0.39, 0.29) is 55.7 Å². The van der Waals surface area contributed by atoms with Crippen LogP contribution in [0.4, 0.5) is 20.7 Å². The van der Waals surface area contributed by atoms with Crippen LogP contribution in [0, 0.1) is 36.3 Å². The molecule has 3 aromatic heterocycles. The lowest BCUT2D eigenvalue weighted by Crippen LogP contribution is -2.43. The van der Waals surface area contributed by atoms with Gasteiger partial charge in [-0.05, 0) is 72.9 Å². The number of aromatic nitrogens is 8. The van der Waals surface area contributed by atoms with Crippen molar-refractivity contribution >= 4 is 23.7 Å². The highest BCUT2D eigenvalue weighted by molar-refractivity contribution is 5.76. The van der Waals surface area contributed by atoms with Crippen molar-refractivity contribution in [3.05, 3.63) is 202 Å². The Balaban J connectivity index is 0.000000216. The second-order valence-corrected chi connectivity index (χ2v) is 15.2. The Morgan fingerprint density at radius 2 is 0.985 bits per heavy atom. The number of nitrogen functional groups attached to an aromatic ring is 1. The summed E-state index contributed by atoms with van der Waals surface area (Å²) in [6.45, 7) is 5.55. The second-order valence-electron chi connectivity index (χ2n) is 15.2. The second kappa shape index (κ2) is 24.1. The summed E-state index contributed by atoms with van der Waals surface area (Å²) >= 11 is 0. The van der Waals surface area contributed by atoms with Crippen molar-refractivity contribution in [3.63, 3.8) is 0 Å². The molecule has 0 aliphatic heterocycles. The monoisotopic (exact) mass is 917 g/mol. The highest BCUT2D eigenvalue weighted by Gasteiger charge is 2.16. The van der Waals surface area contributed by atoms with Crippen LogP contribution in [-0.2, 0) is 26.2 Å². The molecule has 0 radical (unpaired) electrons. The number of rotatable bonds is 16. The Morgan fingerprint density at radius 1 is 0.597 bits per heavy atom. The Labute approximate surface area is 383 Å². The summed E-state index contributed by atoms with van der Waals surface area (Å²) in [5.41, 5.74) is 18.8. The van der Waals surface area contributed by atoms with Crippen LogP contribution in [0.2, 0.25) is 0 Å². The number of anilines is 2. The van der Waals surface area contributed by atoms with Crippen molar-refractivity contribution in [2.75, 3.05) is 30.3 Å². The Bertz CT molecular complexity index is 2970. The van der Waals surface area contributed by atoms with Crippen LogP contribution in [-0.4, -0.2) is 69.4 Å². The maximum Gasteiger partial charge on any atom is 0.355 e. The van der Waals surface area contributed by atoms with Crippen LogP contribution < -0.4 is 50.6 Å². The molecule has 10 N–H and O–H groups in total. The normalized spacial score (nSPS) is 10.6. The Hall–Kier alpha value is -8.33. The first-order valence-electron chi connectivity index (χ1n) is 21.0. The topological polar surface area (TPSA) is 281 Å². The zero-order valence-corrected chi connectivity index (χ0v) is 37.0. The van der Waals surface area contributed by atoms with E-state index in [9.17, 15) is 28.0 Å². The van der Waals surface area contributed by atoms with Gasteiger partial charge in [-0.2, -0.15) is 15.1 Å². The van der Waals surface area contributed by atoms with Crippen molar-refractivity contribution in [3.8, 4) is 0 Å². The summed E-state index contributed by atoms with van der Waals surface area (Å²) < 4.78 is 32.5. The summed E-state index contributed by atoms with van der Waals surface area (Å²) in [5.74, 6) is -0.425. The first kappa shape index (κ1) is 49.7. The summed E-state index contributed by atoms with van der Waals surface area (Å²) in [4.78, 5) is 59.4. The largest absolute Gasteiger partial charge is 0.388 e. The average Bonchev–Trinajstić information content (AvgIpc) is 3.86. The summed E-state index contributed by atoms with van der Waals surface area (Å²) in [6, 6.07) is 28.4. The maximum absolute atomic E-state index is 13.2. The van der Waals surface area contributed by atoms with Gasteiger partial charge in [0.15, 0.2) is 0 Å². The molecule has 0 saturated heterocycles. The molecule has 19 nitrogen and oxygen atoms in total. The highest BCUT2D eigenvalue weighted by atomic mass is 19.1. The minimum Gasteiger partial charge on any atom is -0.388 e. The minimum absolute atomic E-state index is 0.00993. The fourth-order valence-electron chi connectivity index (χ4n) is 6.26. The van der Waals surface area contributed by atoms with E-state index in [2.05, 4.69) is 25.7 Å². The van der Waals surface area contributed by atoms with E-state index in [0.717, 1.165) is 31.4 Å². The molecule has 0 spiro atoms. The van der Waals surface area contributed by atoms with Gasteiger partial charge in [0.05, 0.1) is 32.0 Å². The smallest absolute Gasteiger partial charge is 0.355 e. The van der Waals surface area contributed by atoms with Crippen LogP contribution >= 0.6 is 0 Å². The highest BCUT2D eigenvalue weighted by Crippen LogP contribution is 2.11. The van der Waals surface area contributed by atoms with Gasteiger partial charge in [-0.1, -0.05) is 83.9 Å².